The number of thiophene rings is 1. The largest absolute Gasteiger partial charge is 0.247 e. The van der Waals surface area contributed by atoms with Crippen LogP contribution in [0.2, 0.25) is 0 Å². The molecule has 2 heterocycles. The van der Waals surface area contributed by atoms with Crippen molar-refractivity contribution in [2.24, 2.45) is 5.92 Å². The third kappa shape index (κ3) is 5.01. The molecule has 6 aromatic carbocycles. The third-order valence-corrected chi connectivity index (χ3v) is 16.2. The Morgan fingerprint density at radius 1 is 0.592 bits per heavy atom. The van der Waals surface area contributed by atoms with Crippen LogP contribution in [0, 0.1) is 5.92 Å². The molecule has 234 valence electrons. The molecule has 1 unspecified atom stereocenters. The van der Waals surface area contributed by atoms with Gasteiger partial charge >= 0.3 is 0 Å². The fraction of sp³-hybridized carbons (Fsp3) is 0.0652. The second-order valence-corrected chi connectivity index (χ2v) is 18.0. The van der Waals surface area contributed by atoms with Gasteiger partial charge in [-0.25, -0.2) is 4.98 Å². The predicted molar refractivity (Wildman–Crippen MR) is 214 cm³/mol. The Morgan fingerprint density at radius 2 is 1.22 bits per heavy atom. The highest BCUT2D eigenvalue weighted by molar-refractivity contribution is 7.26. The van der Waals surface area contributed by atoms with Crippen LogP contribution in [0.5, 0.6) is 0 Å². The molecule has 0 fully saturated rings. The molecule has 0 amide bonds. The zero-order valence-electron chi connectivity index (χ0n) is 27.4. The van der Waals surface area contributed by atoms with Crippen LogP contribution < -0.4 is 15.6 Å². The summed E-state index contributed by atoms with van der Waals surface area (Å²) < 4.78 is 2.60. The lowest BCUT2D eigenvalue weighted by molar-refractivity contribution is 0.734. The van der Waals surface area contributed by atoms with Gasteiger partial charge in [0.05, 0.1) is 11.2 Å². The third-order valence-electron chi connectivity index (χ3n) is 10.2. The normalized spacial score (nSPS) is 14.8. The highest BCUT2D eigenvalue weighted by Gasteiger charge is 2.42. The molecule has 1 atom stereocenters. The van der Waals surface area contributed by atoms with E-state index in [0.29, 0.717) is 5.92 Å². The maximum absolute atomic E-state index is 5.30. The van der Waals surface area contributed by atoms with Crippen molar-refractivity contribution in [1.82, 2.24) is 4.98 Å². The van der Waals surface area contributed by atoms with Gasteiger partial charge in [0.2, 0.25) is 0 Å². The molecule has 9 rings (SSSR count). The van der Waals surface area contributed by atoms with Crippen LogP contribution >= 0.6 is 11.3 Å². The quantitative estimate of drug-likeness (QED) is 0.128. The van der Waals surface area contributed by atoms with Crippen molar-refractivity contribution in [2.45, 2.75) is 13.3 Å². The summed E-state index contributed by atoms with van der Waals surface area (Å²) in [7, 11) is -2.55. The summed E-state index contributed by atoms with van der Waals surface area (Å²) in [6.07, 6.45) is 8.40. The Kier molecular flexibility index (Phi) is 7.45. The van der Waals surface area contributed by atoms with Crippen molar-refractivity contribution < 1.29 is 0 Å². The number of aromatic nitrogens is 1. The van der Waals surface area contributed by atoms with E-state index in [0.717, 1.165) is 23.2 Å². The Balaban J connectivity index is 1.20. The van der Waals surface area contributed by atoms with E-state index in [1.54, 1.807) is 0 Å². The summed E-state index contributed by atoms with van der Waals surface area (Å²) in [6, 6.07) is 58.1. The van der Waals surface area contributed by atoms with Crippen LogP contribution in [-0.2, 0) is 0 Å². The first kappa shape index (κ1) is 29.8. The molecule has 0 N–H and O–H groups in total. The highest BCUT2D eigenvalue weighted by Crippen LogP contribution is 2.43. The molecule has 2 aromatic heterocycles. The van der Waals surface area contributed by atoms with Crippen LogP contribution in [0.3, 0.4) is 0 Å². The number of hydrogen-bond donors (Lipinski definition) is 0. The van der Waals surface area contributed by atoms with E-state index in [9.17, 15) is 0 Å². The number of pyridine rings is 1. The van der Waals surface area contributed by atoms with Gasteiger partial charge in [0.15, 0.2) is 8.07 Å². The van der Waals surface area contributed by atoms with Gasteiger partial charge in [-0.2, -0.15) is 0 Å². The van der Waals surface area contributed by atoms with Gasteiger partial charge < -0.3 is 0 Å². The zero-order valence-corrected chi connectivity index (χ0v) is 29.2. The fourth-order valence-corrected chi connectivity index (χ4v) is 13.8. The van der Waals surface area contributed by atoms with Gasteiger partial charge in [-0.15, -0.1) is 11.3 Å². The Hall–Kier alpha value is -5.35. The van der Waals surface area contributed by atoms with E-state index in [2.05, 4.69) is 183 Å². The second-order valence-electron chi connectivity index (χ2n) is 13.2. The van der Waals surface area contributed by atoms with Gasteiger partial charge in [0, 0.05) is 31.1 Å². The monoisotopic (exact) mass is 661 g/mol. The van der Waals surface area contributed by atoms with Crippen molar-refractivity contribution in [2.75, 3.05) is 0 Å². The van der Waals surface area contributed by atoms with E-state index in [1.807, 2.05) is 11.3 Å². The van der Waals surface area contributed by atoms with Crippen molar-refractivity contribution in [3.63, 3.8) is 0 Å². The van der Waals surface area contributed by atoms with Crippen molar-refractivity contribution in [3.05, 3.63) is 181 Å². The lowest BCUT2D eigenvalue weighted by Gasteiger charge is -2.36. The zero-order chi connectivity index (χ0) is 32.8. The topological polar surface area (TPSA) is 12.9 Å². The van der Waals surface area contributed by atoms with Gasteiger partial charge in [-0.3, -0.25) is 0 Å². The van der Waals surface area contributed by atoms with Gasteiger partial charge in [0.25, 0.3) is 0 Å². The van der Waals surface area contributed by atoms with E-state index in [-0.39, 0.29) is 0 Å². The molecule has 0 saturated heterocycles. The fourth-order valence-electron chi connectivity index (χ4n) is 7.76. The highest BCUT2D eigenvalue weighted by atomic mass is 32.1. The first-order valence-electron chi connectivity index (χ1n) is 17.1. The summed E-state index contributed by atoms with van der Waals surface area (Å²) in [5, 5.41) is 9.43. The Bertz CT molecular complexity index is 2490. The van der Waals surface area contributed by atoms with E-state index in [4.69, 9.17) is 4.98 Å². The molecule has 1 aliphatic rings. The number of hydrogen-bond acceptors (Lipinski definition) is 2. The smallest absolute Gasteiger partial charge is 0.179 e. The van der Waals surface area contributed by atoms with Crippen LogP contribution in [0.25, 0.3) is 53.5 Å². The SMILES string of the molecule is CC1C=CC([Si](c2ccccc2)(c2ccccc2)c2ccc(-c3cccc(-c4nc5ccccc5c5sc6ccccc6c45)c3)cc2)=CC1. The van der Waals surface area contributed by atoms with Crippen LogP contribution in [0.15, 0.2) is 181 Å². The summed E-state index contributed by atoms with van der Waals surface area (Å²) in [6.45, 7) is 2.31. The molecule has 1 nitrogen and oxygen atoms in total. The molecular formula is C46H35NSSi. The first-order chi connectivity index (χ1) is 24.2. The maximum Gasteiger partial charge on any atom is 0.179 e. The van der Waals surface area contributed by atoms with Crippen molar-refractivity contribution >= 4 is 66.0 Å². The average Bonchev–Trinajstić information content (AvgIpc) is 3.57. The first-order valence-corrected chi connectivity index (χ1v) is 19.9. The Morgan fingerprint density at radius 3 is 1.94 bits per heavy atom. The molecule has 0 bridgehead atoms. The van der Waals surface area contributed by atoms with Crippen LogP contribution in [0.1, 0.15) is 13.3 Å². The van der Waals surface area contributed by atoms with Crippen molar-refractivity contribution in [3.8, 4) is 22.4 Å². The minimum Gasteiger partial charge on any atom is -0.247 e. The average molecular weight is 662 g/mol. The van der Waals surface area contributed by atoms with Gasteiger partial charge in [-0.05, 0) is 62.4 Å². The summed E-state index contributed by atoms with van der Waals surface area (Å²) >= 11 is 1.87. The standard InChI is InChI=1S/C46H35NSSi/c1-32-23-27-38(28-24-32)49(36-15-4-2-5-16-36,37-17-6-3-7-18-37)39-29-25-33(26-30-39)34-13-12-14-35(31-34)45-44-41-20-9-11-22-43(41)48-46(44)40-19-8-10-21-42(40)47-45/h2-23,25-32H,24H2,1H3. The van der Waals surface area contributed by atoms with E-state index < -0.39 is 8.07 Å². The van der Waals surface area contributed by atoms with E-state index in [1.165, 1.54) is 57.4 Å². The molecule has 3 heteroatoms. The molecule has 0 saturated carbocycles. The van der Waals surface area contributed by atoms with Gasteiger partial charge in [-0.1, -0.05) is 165 Å². The molecule has 0 radical (unpaired) electrons. The van der Waals surface area contributed by atoms with Crippen molar-refractivity contribution in [1.29, 1.82) is 0 Å². The molecule has 0 aliphatic heterocycles. The molecular weight excluding hydrogens is 627 g/mol. The summed E-state index contributed by atoms with van der Waals surface area (Å²) in [5.74, 6) is 0.557. The molecule has 49 heavy (non-hydrogen) atoms. The summed E-state index contributed by atoms with van der Waals surface area (Å²) in [4.78, 5) is 5.30. The minimum atomic E-state index is -2.55. The number of nitrogens with zero attached hydrogens (tertiary/aromatic N) is 1. The lowest BCUT2D eigenvalue weighted by Crippen LogP contribution is -2.68. The minimum absolute atomic E-state index is 0.557. The molecule has 8 aromatic rings. The number of para-hydroxylation sites is 1. The lowest BCUT2D eigenvalue weighted by atomic mass is 9.98. The number of allylic oxidation sites excluding steroid dienone is 4. The van der Waals surface area contributed by atoms with Crippen LogP contribution in [0.4, 0.5) is 0 Å². The van der Waals surface area contributed by atoms with Crippen LogP contribution in [-0.4, -0.2) is 13.1 Å². The number of fused-ring (bicyclic) bond motifs is 5. The van der Waals surface area contributed by atoms with E-state index >= 15 is 0 Å². The second kappa shape index (κ2) is 12.3. The molecule has 1 aliphatic carbocycles. The molecule has 0 spiro atoms. The predicted octanol–water partition coefficient (Wildman–Crippen LogP) is 10.5. The maximum atomic E-state index is 5.30. The van der Waals surface area contributed by atoms with Gasteiger partial charge in [0.1, 0.15) is 0 Å². The number of rotatable bonds is 6. The Labute approximate surface area is 292 Å². The summed E-state index contributed by atoms with van der Waals surface area (Å²) in [5.41, 5.74) is 5.64. The number of benzene rings is 6.